The normalized spacial score (nSPS) is 13.1. The first-order valence-electron chi connectivity index (χ1n) is 12.9. The lowest BCUT2D eigenvalue weighted by Gasteiger charge is -2.19. The Labute approximate surface area is 213 Å². The van der Waals surface area contributed by atoms with Crippen LogP contribution < -0.4 is 4.57 Å². The third kappa shape index (κ3) is 3.00. The second kappa shape index (κ2) is 7.20. The standard InChI is InChI=1S/C33H34N3/c1-19-15-24-28-22(18-32(3,4)5)11-10-12-25(28)36-26-17-23(33(6,7)34-8)16-21-13-14-35(9)31(29(21)26)27(20(19)2)30(24)36/h10-17H,18H2,1-7,9H3/q+1. The molecule has 3 aromatic heterocycles. The first-order valence-corrected chi connectivity index (χ1v) is 12.9. The Balaban J connectivity index is 1.99. The summed E-state index contributed by atoms with van der Waals surface area (Å²) < 4.78 is 4.78. The van der Waals surface area contributed by atoms with E-state index in [0.29, 0.717) is 0 Å². The molecule has 0 aliphatic carbocycles. The third-order valence-corrected chi connectivity index (χ3v) is 8.08. The van der Waals surface area contributed by atoms with Gasteiger partial charge in [0.2, 0.25) is 5.52 Å². The van der Waals surface area contributed by atoms with Crippen LogP contribution in [0.3, 0.4) is 0 Å². The second-order valence-corrected chi connectivity index (χ2v) is 12.4. The van der Waals surface area contributed by atoms with Crippen LogP contribution in [0.2, 0.25) is 0 Å². The van der Waals surface area contributed by atoms with Crippen molar-refractivity contribution < 1.29 is 4.57 Å². The molecule has 0 N–H and O–H groups in total. The number of pyridine rings is 2. The molecule has 0 unspecified atom stereocenters. The smallest absolute Gasteiger partial charge is 0.252 e. The number of benzene rings is 3. The average Bonchev–Trinajstić information content (AvgIpc) is 3.14. The molecule has 0 aliphatic heterocycles. The lowest BCUT2D eigenvalue weighted by molar-refractivity contribution is -0.643. The number of aryl methyl sites for hydroxylation is 3. The summed E-state index contributed by atoms with van der Waals surface area (Å²) >= 11 is 0. The minimum Gasteiger partial charge on any atom is -0.307 e. The van der Waals surface area contributed by atoms with Crippen molar-refractivity contribution in [1.29, 1.82) is 0 Å². The van der Waals surface area contributed by atoms with E-state index >= 15 is 0 Å². The summed E-state index contributed by atoms with van der Waals surface area (Å²) in [7, 11) is 2.16. The molecule has 180 valence electrons. The van der Waals surface area contributed by atoms with Crippen molar-refractivity contribution >= 4 is 49.0 Å². The van der Waals surface area contributed by atoms with Crippen LogP contribution in [0.5, 0.6) is 0 Å². The summed E-state index contributed by atoms with van der Waals surface area (Å²) in [6.45, 7) is 23.4. The van der Waals surface area contributed by atoms with Crippen molar-refractivity contribution in [2.24, 2.45) is 12.5 Å². The Morgan fingerprint density at radius 2 is 1.67 bits per heavy atom. The van der Waals surface area contributed by atoms with Gasteiger partial charge in [0, 0.05) is 36.2 Å². The topological polar surface area (TPSA) is 12.7 Å². The fourth-order valence-corrected chi connectivity index (χ4v) is 6.17. The van der Waals surface area contributed by atoms with E-state index in [4.69, 9.17) is 6.57 Å². The van der Waals surface area contributed by atoms with Gasteiger partial charge in [-0.05, 0) is 72.0 Å². The van der Waals surface area contributed by atoms with Crippen molar-refractivity contribution in [2.75, 3.05) is 0 Å². The van der Waals surface area contributed by atoms with E-state index in [1.807, 2.05) is 13.8 Å². The van der Waals surface area contributed by atoms with E-state index in [9.17, 15) is 0 Å². The van der Waals surface area contributed by atoms with Crippen molar-refractivity contribution in [3.8, 4) is 0 Å². The van der Waals surface area contributed by atoms with Gasteiger partial charge in [0.25, 0.3) is 5.54 Å². The summed E-state index contributed by atoms with van der Waals surface area (Å²) in [5.74, 6) is 0. The van der Waals surface area contributed by atoms with Gasteiger partial charge in [-0.1, -0.05) is 32.9 Å². The lowest BCUT2D eigenvalue weighted by Crippen LogP contribution is -2.29. The molecule has 3 heteroatoms. The van der Waals surface area contributed by atoms with Gasteiger partial charge in [-0.3, -0.25) is 0 Å². The highest BCUT2D eigenvalue weighted by Gasteiger charge is 2.31. The van der Waals surface area contributed by atoms with E-state index in [2.05, 4.69) is 104 Å². The molecule has 3 heterocycles. The van der Waals surface area contributed by atoms with E-state index in [1.54, 1.807) is 0 Å². The fourth-order valence-electron chi connectivity index (χ4n) is 6.17. The van der Waals surface area contributed by atoms with Gasteiger partial charge in [0.15, 0.2) is 6.20 Å². The molecule has 6 rings (SSSR count). The van der Waals surface area contributed by atoms with Crippen LogP contribution in [0.1, 0.15) is 56.9 Å². The minimum absolute atomic E-state index is 0.188. The monoisotopic (exact) mass is 472 g/mol. The van der Waals surface area contributed by atoms with Crippen molar-refractivity contribution in [3.05, 3.63) is 82.3 Å². The van der Waals surface area contributed by atoms with Gasteiger partial charge in [-0.25, -0.2) is 11.1 Å². The zero-order valence-corrected chi connectivity index (χ0v) is 22.7. The molecule has 0 atom stereocenters. The maximum Gasteiger partial charge on any atom is 0.252 e. The van der Waals surface area contributed by atoms with Gasteiger partial charge < -0.3 is 9.25 Å². The SMILES string of the molecule is [C-]#[N+]C(C)(C)c1cc2cc[n+](C)c3c4c(C)c(C)cc5c6c(CC(C)(C)C)cccc6n(c(c1)c23)c54. The number of aromatic nitrogens is 2. The van der Waals surface area contributed by atoms with Crippen LogP contribution in [0.4, 0.5) is 0 Å². The predicted octanol–water partition coefficient (Wildman–Crippen LogP) is 8.17. The summed E-state index contributed by atoms with van der Waals surface area (Å²) in [6, 6.07) is 15.9. The molecule has 0 bridgehead atoms. The fraction of sp³-hybridized carbons (Fsp3) is 0.333. The molecule has 0 saturated heterocycles. The van der Waals surface area contributed by atoms with Crippen LogP contribution in [0.25, 0.3) is 53.8 Å². The molecule has 36 heavy (non-hydrogen) atoms. The average molecular weight is 473 g/mol. The first kappa shape index (κ1) is 22.8. The number of rotatable bonds is 2. The van der Waals surface area contributed by atoms with Crippen LogP contribution in [0, 0.1) is 25.8 Å². The molecule has 3 nitrogen and oxygen atoms in total. The summed E-state index contributed by atoms with van der Waals surface area (Å²) in [4.78, 5) is 3.99. The van der Waals surface area contributed by atoms with Gasteiger partial charge in [0.1, 0.15) is 7.05 Å². The van der Waals surface area contributed by atoms with E-state index < -0.39 is 5.54 Å². The Hall–Kier alpha value is -3.64. The van der Waals surface area contributed by atoms with Gasteiger partial charge >= 0.3 is 0 Å². The van der Waals surface area contributed by atoms with E-state index in [1.165, 1.54) is 65.7 Å². The van der Waals surface area contributed by atoms with Crippen molar-refractivity contribution in [2.45, 2.75) is 60.4 Å². The minimum atomic E-state index is -0.591. The predicted molar refractivity (Wildman–Crippen MR) is 152 cm³/mol. The third-order valence-electron chi connectivity index (χ3n) is 8.08. The van der Waals surface area contributed by atoms with Crippen molar-refractivity contribution in [3.63, 3.8) is 0 Å². The van der Waals surface area contributed by atoms with E-state index in [-0.39, 0.29) is 5.41 Å². The maximum absolute atomic E-state index is 7.88. The summed E-state index contributed by atoms with van der Waals surface area (Å²) in [5, 5.41) is 6.50. The van der Waals surface area contributed by atoms with E-state index in [0.717, 1.165) is 12.0 Å². The number of hydrogen-bond acceptors (Lipinski definition) is 0. The largest absolute Gasteiger partial charge is 0.307 e. The zero-order valence-electron chi connectivity index (χ0n) is 22.7. The molecule has 0 amide bonds. The molecule has 6 aromatic rings. The highest BCUT2D eigenvalue weighted by Crippen LogP contribution is 2.44. The number of hydrogen-bond donors (Lipinski definition) is 0. The summed E-state index contributed by atoms with van der Waals surface area (Å²) in [6.07, 6.45) is 3.19. The van der Waals surface area contributed by atoms with Crippen molar-refractivity contribution in [1.82, 2.24) is 4.40 Å². The van der Waals surface area contributed by atoms with Crippen LogP contribution in [0.15, 0.2) is 48.7 Å². The zero-order chi connectivity index (χ0) is 25.7. The summed E-state index contributed by atoms with van der Waals surface area (Å²) in [5.41, 5.74) is 9.74. The quantitative estimate of drug-likeness (QED) is 0.104. The molecule has 0 spiro atoms. The Bertz CT molecular complexity index is 1900. The first-order chi connectivity index (χ1) is 16.9. The highest BCUT2D eigenvalue weighted by molar-refractivity contribution is 6.26. The van der Waals surface area contributed by atoms with Crippen LogP contribution in [-0.2, 0) is 19.0 Å². The molecule has 0 aliphatic rings. The highest BCUT2D eigenvalue weighted by atomic mass is 15.0. The van der Waals surface area contributed by atoms with Gasteiger partial charge in [-0.2, -0.15) is 0 Å². The molecular weight excluding hydrogens is 438 g/mol. The Morgan fingerprint density at radius 3 is 2.36 bits per heavy atom. The van der Waals surface area contributed by atoms with Gasteiger partial charge in [-0.15, -0.1) is 0 Å². The Kier molecular flexibility index (Phi) is 4.56. The van der Waals surface area contributed by atoms with Crippen LogP contribution in [-0.4, -0.2) is 4.40 Å². The van der Waals surface area contributed by atoms with Crippen LogP contribution >= 0.6 is 0 Å². The molecular formula is C33H34N3+. The molecule has 3 aromatic carbocycles. The second-order valence-electron chi connectivity index (χ2n) is 12.4. The molecule has 0 radical (unpaired) electrons. The Morgan fingerprint density at radius 1 is 0.917 bits per heavy atom. The lowest BCUT2D eigenvalue weighted by atomic mass is 9.86. The molecule has 0 saturated carbocycles. The number of nitrogens with zero attached hydrogens (tertiary/aromatic N) is 3. The van der Waals surface area contributed by atoms with Gasteiger partial charge in [0.05, 0.1) is 27.3 Å². The maximum atomic E-state index is 7.88. The number of fused-ring (bicyclic) bond motifs is 5. The molecule has 0 fully saturated rings.